The van der Waals surface area contributed by atoms with E-state index in [0.29, 0.717) is 12.2 Å². The summed E-state index contributed by atoms with van der Waals surface area (Å²) in [4.78, 5) is 14.7. The maximum atomic E-state index is 10.5. The Labute approximate surface area is 153 Å². The molecule has 4 rings (SSSR count). The van der Waals surface area contributed by atoms with Gasteiger partial charge in [-0.25, -0.2) is 9.97 Å². The van der Waals surface area contributed by atoms with E-state index in [1.807, 2.05) is 24.3 Å². The highest BCUT2D eigenvalue weighted by Crippen LogP contribution is 2.41. The summed E-state index contributed by atoms with van der Waals surface area (Å²) >= 11 is 0. The van der Waals surface area contributed by atoms with Gasteiger partial charge in [0.15, 0.2) is 0 Å². The summed E-state index contributed by atoms with van der Waals surface area (Å²) < 4.78 is 0. The zero-order valence-electron chi connectivity index (χ0n) is 15.2. The van der Waals surface area contributed by atoms with Crippen molar-refractivity contribution in [2.75, 3.05) is 6.54 Å². The van der Waals surface area contributed by atoms with Crippen molar-refractivity contribution in [1.29, 1.82) is 0 Å². The van der Waals surface area contributed by atoms with Crippen molar-refractivity contribution in [2.24, 2.45) is 5.41 Å². The van der Waals surface area contributed by atoms with E-state index in [9.17, 15) is 10.0 Å². The van der Waals surface area contributed by atoms with E-state index in [1.54, 1.807) is 6.33 Å². The predicted molar refractivity (Wildman–Crippen MR) is 98.5 cm³/mol. The van der Waals surface area contributed by atoms with Gasteiger partial charge in [-0.1, -0.05) is 32.0 Å². The first-order valence-electron chi connectivity index (χ1n) is 9.08. The minimum absolute atomic E-state index is 0.140. The van der Waals surface area contributed by atoms with Crippen LogP contribution in [0.1, 0.15) is 42.8 Å². The first kappa shape index (κ1) is 17.5. The van der Waals surface area contributed by atoms with Crippen LogP contribution < -0.4 is 10.3 Å². The molecule has 0 saturated carbocycles. The van der Waals surface area contributed by atoms with Crippen LogP contribution in [-0.4, -0.2) is 33.7 Å². The lowest BCUT2D eigenvalue weighted by Gasteiger charge is -2.37. The number of hydroxylamine groups is 1. The third-order valence-electron chi connectivity index (χ3n) is 5.74. The summed E-state index contributed by atoms with van der Waals surface area (Å²) in [6, 6.07) is 7.66. The molecule has 26 heavy (non-hydrogen) atoms. The maximum Gasteiger partial charge on any atom is 0.466 e. The largest absolute Gasteiger partial charge is 0.466 e. The number of fused-ring (bicyclic) bond motifs is 2. The SMILES string of the molecule is CC1(C)CCc2ncnc(C3(B(O)O)CNOc4ccccc4C3)c2C1. The van der Waals surface area contributed by atoms with E-state index in [0.717, 1.165) is 41.8 Å². The van der Waals surface area contributed by atoms with E-state index in [2.05, 4.69) is 29.3 Å². The molecule has 0 saturated heterocycles. The fourth-order valence-corrected chi connectivity index (χ4v) is 4.17. The molecule has 1 aliphatic carbocycles. The molecule has 0 bridgehead atoms. The quantitative estimate of drug-likeness (QED) is 0.707. The number of aromatic nitrogens is 2. The minimum atomic E-state index is -1.58. The van der Waals surface area contributed by atoms with Gasteiger partial charge in [0, 0.05) is 12.2 Å². The topological polar surface area (TPSA) is 87.5 Å². The number of hydrogen-bond donors (Lipinski definition) is 3. The van der Waals surface area contributed by atoms with Crippen molar-refractivity contribution in [3.63, 3.8) is 0 Å². The van der Waals surface area contributed by atoms with E-state index in [-0.39, 0.29) is 12.0 Å². The fraction of sp³-hybridized carbons (Fsp3) is 0.474. The molecule has 0 amide bonds. The minimum Gasteiger partial charge on any atom is -0.426 e. The molecule has 1 aromatic carbocycles. The van der Waals surface area contributed by atoms with E-state index >= 15 is 0 Å². The van der Waals surface area contributed by atoms with Gasteiger partial charge >= 0.3 is 7.12 Å². The molecule has 0 spiro atoms. The predicted octanol–water partition coefficient (Wildman–Crippen LogP) is 1.38. The highest BCUT2D eigenvalue weighted by atomic mass is 16.6. The average Bonchev–Trinajstić information content (AvgIpc) is 2.80. The number of benzene rings is 1. The van der Waals surface area contributed by atoms with Gasteiger partial charge in [-0.15, -0.1) is 0 Å². The van der Waals surface area contributed by atoms with Crippen LogP contribution in [0, 0.1) is 5.41 Å². The monoisotopic (exact) mass is 353 g/mol. The average molecular weight is 353 g/mol. The molecule has 6 nitrogen and oxygen atoms in total. The van der Waals surface area contributed by atoms with Crippen LogP contribution in [0.5, 0.6) is 5.75 Å². The Hall–Kier alpha value is -1.96. The summed E-state index contributed by atoms with van der Waals surface area (Å²) in [5.74, 6) is 0.707. The molecule has 1 atom stereocenters. The second-order valence-electron chi connectivity index (χ2n) is 8.23. The fourth-order valence-electron chi connectivity index (χ4n) is 4.17. The van der Waals surface area contributed by atoms with Gasteiger partial charge < -0.3 is 14.9 Å². The molecule has 136 valence electrons. The molecule has 3 N–H and O–H groups in total. The van der Waals surface area contributed by atoms with Crippen molar-refractivity contribution < 1.29 is 14.9 Å². The van der Waals surface area contributed by atoms with Crippen LogP contribution in [0.15, 0.2) is 30.6 Å². The number of nitrogens with one attached hydrogen (secondary N) is 1. The lowest BCUT2D eigenvalue weighted by Crippen LogP contribution is -2.53. The smallest absolute Gasteiger partial charge is 0.426 e. The molecular weight excluding hydrogens is 329 g/mol. The maximum absolute atomic E-state index is 10.5. The van der Waals surface area contributed by atoms with Crippen molar-refractivity contribution in [3.05, 3.63) is 53.1 Å². The first-order chi connectivity index (χ1) is 12.4. The number of para-hydroxylation sites is 1. The second-order valence-corrected chi connectivity index (χ2v) is 8.23. The molecule has 0 radical (unpaired) electrons. The Balaban J connectivity index is 1.86. The molecule has 2 aromatic rings. The summed E-state index contributed by atoms with van der Waals surface area (Å²) in [6.07, 6.45) is 4.76. The van der Waals surface area contributed by atoms with Gasteiger partial charge in [0.2, 0.25) is 0 Å². The zero-order chi connectivity index (χ0) is 18.4. The zero-order valence-corrected chi connectivity index (χ0v) is 15.2. The van der Waals surface area contributed by atoms with Gasteiger partial charge in [0.05, 0.1) is 11.0 Å². The first-order valence-corrected chi connectivity index (χ1v) is 9.08. The Morgan fingerprint density at radius 3 is 2.77 bits per heavy atom. The molecule has 1 aromatic heterocycles. The van der Waals surface area contributed by atoms with Crippen LogP contribution in [0.3, 0.4) is 0 Å². The molecule has 2 heterocycles. The van der Waals surface area contributed by atoms with Gasteiger partial charge in [-0.05, 0) is 48.3 Å². The van der Waals surface area contributed by atoms with E-state index in [1.165, 1.54) is 0 Å². The van der Waals surface area contributed by atoms with Crippen LogP contribution in [0.25, 0.3) is 0 Å². The third kappa shape index (κ3) is 2.90. The summed E-state index contributed by atoms with van der Waals surface area (Å²) in [5, 5.41) is 19.9. The second kappa shape index (κ2) is 6.34. The molecule has 0 fully saturated rings. The highest BCUT2D eigenvalue weighted by Gasteiger charge is 2.49. The van der Waals surface area contributed by atoms with Gasteiger partial charge in [0.25, 0.3) is 0 Å². The number of nitrogens with zero attached hydrogens (tertiary/aromatic N) is 2. The molecule has 7 heteroatoms. The number of rotatable bonds is 2. The Morgan fingerprint density at radius 2 is 1.96 bits per heavy atom. The third-order valence-corrected chi connectivity index (χ3v) is 5.74. The molecular formula is C19H24BN3O3. The van der Waals surface area contributed by atoms with Crippen LogP contribution in [-0.2, 0) is 24.6 Å². The molecule has 1 aliphatic heterocycles. The highest BCUT2D eigenvalue weighted by molar-refractivity contribution is 6.46. The van der Waals surface area contributed by atoms with E-state index < -0.39 is 12.4 Å². The number of aryl methyl sites for hydroxylation is 1. The van der Waals surface area contributed by atoms with Crippen molar-refractivity contribution in [3.8, 4) is 5.75 Å². The van der Waals surface area contributed by atoms with Crippen LogP contribution in [0.4, 0.5) is 0 Å². The lowest BCUT2D eigenvalue weighted by molar-refractivity contribution is 0.181. The van der Waals surface area contributed by atoms with Crippen LogP contribution >= 0.6 is 0 Å². The Morgan fingerprint density at radius 1 is 1.15 bits per heavy atom. The molecule has 1 unspecified atom stereocenters. The standard InChI is InChI=1S/C19H24BN3O3/c1-18(2)8-7-15-14(10-18)17(22-12-21-15)19(20(24)25)9-13-5-3-4-6-16(13)26-23-11-19/h3-6,12,23-25H,7-11H2,1-2H3. The van der Waals surface area contributed by atoms with Gasteiger partial charge in [-0.3, -0.25) is 0 Å². The van der Waals surface area contributed by atoms with Crippen molar-refractivity contribution in [2.45, 2.75) is 44.8 Å². The summed E-state index contributed by atoms with van der Waals surface area (Å²) in [7, 11) is -1.58. The Kier molecular flexibility index (Phi) is 4.25. The lowest BCUT2D eigenvalue weighted by atomic mass is 9.52. The Bertz CT molecular complexity index is 827. The van der Waals surface area contributed by atoms with Gasteiger partial charge in [0.1, 0.15) is 12.1 Å². The van der Waals surface area contributed by atoms with E-state index in [4.69, 9.17) is 4.84 Å². The number of hydrogen-bond acceptors (Lipinski definition) is 6. The summed E-state index contributed by atoms with van der Waals surface area (Å²) in [5.41, 5.74) is 6.78. The van der Waals surface area contributed by atoms with Crippen molar-refractivity contribution >= 4 is 7.12 Å². The summed E-state index contributed by atoms with van der Waals surface area (Å²) in [6.45, 7) is 4.72. The van der Waals surface area contributed by atoms with Gasteiger partial charge in [-0.2, -0.15) is 5.48 Å². The van der Waals surface area contributed by atoms with Crippen molar-refractivity contribution in [1.82, 2.24) is 15.4 Å². The molecule has 2 aliphatic rings. The normalized spacial score (nSPS) is 24.0. The van der Waals surface area contributed by atoms with Crippen LogP contribution in [0.2, 0.25) is 0 Å².